The Morgan fingerprint density at radius 2 is 2.23 bits per heavy atom. The van der Waals surface area contributed by atoms with E-state index in [0.717, 1.165) is 11.1 Å². The Morgan fingerprint density at radius 3 is 3.00 bits per heavy atom. The summed E-state index contributed by atoms with van der Waals surface area (Å²) in [5.74, 6) is 0.0531. The summed E-state index contributed by atoms with van der Waals surface area (Å²) in [4.78, 5) is 16.4. The molecule has 7 heteroatoms. The van der Waals surface area contributed by atoms with E-state index in [1.54, 1.807) is 35.2 Å². The average Bonchev–Trinajstić information content (AvgIpc) is 3.27. The number of aromatic nitrogens is 3. The van der Waals surface area contributed by atoms with Crippen molar-refractivity contribution in [2.24, 2.45) is 0 Å². The number of nitrogens with zero attached hydrogens (tertiary/aromatic N) is 3. The van der Waals surface area contributed by atoms with Gasteiger partial charge in [0.05, 0.1) is 12.5 Å². The molecule has 0 aliphatic heterocycles. The molecule has 0 unspecified atom stereocenters. The Bertz CT molecular complexity index is 923. The lowest BCUT2D eigenvalue weighted by Gasteiger charge is -1.96. The number of hydrogen-bond donors (Lipinski definition) is 1. The molecule has 0 atom stereocenters. The molecule has 1 N–H and O–H groups in total. The predicted molar refractivity (Wildman–Crippen MR) is 77.4 cm³/mol. The smallest absolute Gasteiger partial charge is 0.278 e. The Kier molecular flexibility index (Phi) is 2.75. The van der Waals surface area contributed by atoms with E-state index in [9.17, 15) is 4.79 Å². The molecule has 0 bridgehead atoms. The highest BCUT2D eigenvalue weighted by atomic mass is 16.5. The van der Waals surface area contributed by atoms with Crippen molar-refractivity contribution in [3.05, 3.63) is 61.1 Å². The number of carbonyl (C=O) groups is 1. The van der Waals surface area contributed by atoms with Crippen molar-refractivity contribution < 1.29 is 13.7 Å². The molecule has 108 valence electrons. The normalized spacial score (nSPS) is 10.9. The maximum Gasteiger partial charge on any atom is 0.278 e. The van der Waals surface area contributed by atoms with Crippen LogP contribution in [0.15, 0.2) is 64.3 Å². The van der Waals surface area contributed by atoms with Crippen LogP contribution in [-0.2, 0) is 0 Å². The van der Waals surface area contributed by atoms with Crippen LogP contribution in [0.25, 0.3) is 16.8 Å². The van der Waals surface area contributed by atoms with Gasteiger partial charge in [-0.25, -0.2) is 4.98 Å². The quantitative estimate of drug-likeness (QED) is 0.628. The predicted octanol–water partition coefficient (Wildman–Crippen LogP) is 2.83. The van der Waals surface area contributed by atoms with E-state index in [1.807, 2.05) is 18.3 Å². The third-order valence-electron chi connectivity index (χ3n) is 3.22. The molecule has 0 fully saturated rings. The van der Waals surface area contributed by atoms with Crippen molar-refractivity contribution in [1.29, 1.82) is 0 Å². The molecule has 0 saturated carbocycles. The van der Waals surface area contributed by atoms with Crippen LogP contribution in [0.5, 0.6) is 0 Å². The molecule has 0 saturated heterocycles. The number of pyridine rings is 1. The number of furan rings is 1. The van der Waals surface area contributed by atoms with Gasteiger partial charge in [-0.15, -0.1) is 0 Å². The standard InChI is InChI=1S/C15H10N4O3/c20-15(18-14-2-1-5-21-14)12-8-19-4-3-10(6-13(19)17-12)11-7-16-22-9-11/h1-9H,(H,18,20). The van der Waals surface area contributed by atoms with Crippen LogP contribution in [0.2, 0.25) is 0 Å². The largest absolute Gasteiger partial charge is 0.449 e. The summed E-state index contributed by atoms with van der Waals surface area (Å²) in [7, 11) is 0. The van der Waals surface area contributed by atoms with Gasteiger partial charge in [0.2, 0.25) is 0 Å². The zero-order valence-corrected chi connectivity index (χ0v) is 11.3. The molecular formula is C15H10N4O3. The van der Waals surface area contributed by atoms with Crippen LogP contribution in [0.4, 0.5) is 5.88 Å². The summed E-state index contributed by atoms with van der Waals surface area (Å²) in [6, 6.07) is 7.12. The number of fused-ring (bicyclic) bond motifs is 1. The minimum atomic E-state index is -0.329. The Morgan fingerprint density at radius 1 is 1.27 bits per heavy atom. The molecule has 1 amide bonds. The molecule has 4 heterocycles. The van der Waals surface area contributed by atoms with Crippen molar-refractivity contribution >= 4 is 17.4 Å². The lowest BCUT2D eigenvalue weighted by molar-refractivity contribution is 0.102. The van der Waals surface area contributed by atoms with Crippen molar-refractivity contribution in [3.63, 3.8) is 0 Å². The van der Waals surface area contributed by atoms with E-state index in [0.29, 0.717) is 17.2 Å². The van der Waals surface area contributed by atoms with Gasteiger partial charge in [0.25, 0.3) is 5.91 Å². The summed E-state index contributed by atoms with van der Waals surface area (Å²) >= 11 is 0. The fourth-order valence-corrected chi connectivity index (χ4v) is 2.14. The molecule has 0 aromatic carbocycles. The third kappa shape index (κ3) is 2.14. The minimum absolute atomic E-state index is 0.305. The van der Waals surface area contributed by atoms with Crippen molar-refractivity contribution in [3.8, 4) is 11.1 Å². The number of hydrogen-bond acceptors (Lipinski definition) is 5. The number of anilines is 1. The molecule has 22 heavy (non-hydrogen) atoms. The lowest BCUT2D eigenvalue weighted by Crippen LogP contribution is -2.11. The molecule has 4 aromatic rings. The van der Waals surface area contributed by atoms with E-state index in [1.165, 1.54) is 6.26 Å². The number of rotatable bonds is 3. The first-order valence-corrected chi connectivity index (χ1v) is 6.53. The maximum absolute atomic E-state index is 12.1. The molecule has 4 aromatic heterocycles. The highest BCUT2D eigenvalue weighted by molar-refractivity contribution is 6.02. The summed E-state index contributed by atoms with van der Waals surface area (Å²) in [6.07, 6.45) is 8.16. The van der Waals surface area contributed by atoms with Gasteiger partial charge in [-0.3, -0.25) is 10.1 Å². The van der Waals surface area contributed by atoms with Gasteiger partial charge < -0.3 is 13.3 Å². The fourth-order valence-electron chi connectivity index (χ4n) is 2.14. The summed E-state index contributed by atoms with van der Waals surface area (Å²) in [5, 5.41) is 6.31. The first-order chi connectivity index (χ1) is 10.8. The van der Waals surface area contributed by atoms with Crippen LogP contribution in [-0.4, -0.2) is 20.4 Å². The van der Waals surface area contributed by atoms with E-state index in [2.05, 4.69) is 15.5 Å². The summed E-state index contributed by atoms with van der Waals surface area (Å²) < 4.78 is 11.7. The van der Waals surface area contributed by atoms with Gasteiger partial charge in [-0.05, 0) is 23.8 Å². The van der Waals surface area contributed by atoms with Gasteiger partial charge in [0, 0.05) is 24.0 Å². The van der Waals surface area contributed by atoms with Crippen molar-refractivity contribution in [1.82, 2.24) is 14.5 Å². The first-order valence-electron chi connectivity index (χ1n) is 6.53. The van der Waals surface area contributed by atoms with Gasteiger partial charge >= 0.3 is 0 Å². The molecule has 0 spiro atoms. The zero-order valence-electron chi connectivity index (χ0n) is 11.3. The summed E-state index contributed by atoms with van der Waals surface area (Å²) in [6.45, 7) is 0. The van der Waals surface area contributed by atoms with Crippen LogP contribution in [0, 0.1) is 0 Å². The number of carbonyl (C=O) groups excluding carboxylic acids is 1. The Balaban J connectivity index is 1.67. The zero-order chi connectivity index (χ0) is 14.9. The maximum atomic E-state index is 12.1. The highest BCUT2D eigenvalue weighted by Gasteiger charge is 2.13. The molecule has 0 aliphatic carbocycles. The number of nitrogens with one attached hydrogen (secondary N) is 1. The lowest BCUT2D eigenvalue weighted by atomic mass is 10.1. The minimum Gasteiger partial charge on any atom is -0.449 e. The van der Waals surface area contributed by atoms with E-state index < -0.39 is 0 Å². The van der Waals surface area contributed by atoms with E-state index >= 15 is 0 Å². The summed E-state index contributed by atoms with van der Waals surface area (Å²) in [5.41, 5.74) is 2.73. The van der Waals surface area contributed by atoms with Gasteiger partial charge in [0.15, 0.2) is 5.88 Å². The molecule has 0 radical (unpaired) electrons. The molecule has 0 aliphatic rings. The monoisotopic (exact) mass is 294 g/mol. The van der Waals surface area contributed by atoms with Crippen molar-refractivity contribution in [2.45, 2.75) is 0 Å². The fraction of sp³-hybridized carbons (Fsp3) is 0. The van der Waals surface area contributed by atoms with Gasteiger partial charge in [-0.1, -0.05) is 5.16 Å². The first kappa shape index (κ1) is 12.4. The molecule has 4 rings (SSSR count). The second kappa shape index (κ2) is 4.88. The van der Waals surface area contributed by atoms with Crippen molar-refractivity contribution in [2.75, 3.05) is 5.32 Å². The topological polar surface area (TPSA) is 85.6 Å². The van der Waals surface area contributed by atoms with E-state index in [4.69, 9.17) is 8.94 Å². The van der Waals surface area contributed by atoms with Gasteiger partial charge in [0.1, 0.15) is 17.6 Å². The third-order valence-corrected chi connectivity index (χ3v) is 3.22. The second-order valence-electron chi connectivity index (χ2n) is 4.65. The Hall–Kier alpha value is -3.35. The Labute approximate surface area is 124 Å². The van der Waals surface area contributed by atoms with E-state index in [-0.39, 0.29) is 5.91 Å². The van der Waals surface area contributed by atoms with Crippen LogP contribution >= 0.6 is 0 Å². The number of amides is 1. The highest BCUT2D eigenvalue weighted by Crippen LogP contribution is 2.20. The molecule has 7 nitrogen and oxygen atoms in total. The molecular weight excluding hydrogens is 284 g/mol. The SMILES string of the molecule is O=C(Nc1ccco1)c1cn2ccc(-c3cnoc3)cc2n1. The number of imidazole rings is 1. The second-order valence-corrected chi connectivity index (χ2v) is 4.65. The van der Waals surface area contributed by atoms with Gasteiger partial charge in [-0.2, -0.15) is 0 Å². The van der Waals surface area contributed by atoms with Crippen LogP contribution in [0.3, 0.4) is 0 Å². The average molecular weight is 294 g/mol. The van der Waals surface area contributed by atoms with Crippen LogP contribution in [0.1, 0.15) is 10.5 Å². The van der Waals surface area contributed by atoms with Crippen LogP contribution < -0.4 is 5.32 Å².